The molecule has 1 aliphatic rings. The van der Waals surface area contributed by atoms with E-state index in [1.165, 1.54) is 32.2 Å². The molecule has 0 aliphatic carbocycles. The number of nitrogens with one attached hydrogen (secondary N) is 1. The molecule has 180 valence electrons. The summed E-state index contributed by atoms with van der Waals surface area (Å²) in [6.07, 6.45) is -0.189. The van der Waals surface area contributed by atoms with Gasteiger partial charge in [0.2, 0.25) is 0 Å². The molecule has 8 nitrogen and oxygen atoms in total. The Bertz CT molecular complexity index is 1530. The number of hydrogen-bond donors (Lipinski definition) is 2. The maximum Gasteiger partial charge on any atom is 0.187 e. The lowest BCUT2D eigenvalue weighted by molar-refractivity contribution is 0.284. The third kappa shape index (κ3) is 3.69. The number of anilines is 1. The first-order valence-electron chi connectivity index (χ1n) is 11.0. The van der Waals surface area contributed by atoms with Crippen molar-refractivity contribution in [2.45, 2.75) is 36.2 Å². The number of nitrogens with zero attached hydrogens (tertiary/aromatic N) is 3. The second-order valence-electron chi connectivity index (χ2n) is 9.01. The van der Waals surface area contributed by atoms with Crippen molar-refractivity contribution < 1.29 is 17.3 Å². The van der Waals surface area contributed by atoms with Crippen LogP contribution in [0.5, 0.6) is 0 Å². The second kappa shape index (κ2) is 8.24. The quantitative estimate of drug-likeness (QED) is 0.421. The number of fused-ring (bicyclic) bond motifs is 1. The van der Waals surface area contributed by atoms with Gasteiger partial charge in [-0.25, -0.2) is 22.8 Å². The van der Waals surface area contributed by atoms with Gasteiger partial charge in [0.25, 0.3) is 0 Å². The first-order valence-corrected chi connectivity index (χ1v) is 12.5. The Kier molecular flexibility index (Phi) is 5.45. The van der Waals surface area contributed by atoms with Crippen molar-refractivity contribution >= 4 is 15.7 Å². The van der Waals surface area contributed by atoms with Crippen LogP contribution in [0, 0.1) is 0 Å². The van der Waals surface area contributed by atoms with Crippen molar-refractivity contribution in [2.75, 3.05) is 12.8 Å². The molecule has 0 spiro atoms. The van der Waals surface area contributed by atoms with E-state index >= 15 is 4.39 Å². The smallest absolute Gasteiger partial charge is 0.187 e. The van der Waals surface area contributed by atoms with E-state index in [1.54, 1.807) is 12.1 Å². The van der Waals surface area contributed by atoms with Gasteiger partial charge >= 0.3 is 0 Å². The topological polar surface area (TPSA) is 124 Å². The molecule has 0 saturated heterocycles. The summed E-state index contributed by atoms with van der Waals surface area (Å²) in [6.45, 7) is 3.55. The molecule has 5 rings (SSSR count). The molecule has 2 aromatic heterocycles. The van der Waals surface area contributed by atoms with Gasteiger partial charge in [0.15, 0.2) is 21.4 Å². The summed E-state index contributed by atoms with van der Waals surface area (Å²) in [6, 6.07) is 14.1. The number of nitrogens with two attached hydrogens (primary N) is 1. The van der Waals surface area contributed by atoms with Crippen LogP contribution in [0.25, 0.3) is 34.0 Å². The van der Waals surface area contributed by atoms with Gasteiger partial charge in [-0.15, -0.1) is 0 Å². The van der Waals surface area contributed by atoms with E-state index in [0.29, 0.717) is 28.4 Å². The Morgan fingerprint density at radius 1 is 1.09 bits per heavy atom. The molecule has 35 heavy (non-hydrogen) atoms. The normalized spacial score (nSPS) is 17.9. The van der Waals surface area contributed by atoms with Crippen LogP contribution in [0.1, 0.15) is 31.1 Å². The van der Waals surface area contributed by atoms with Crippen LogP contribution in [-0.2, 0) is 16.4 Å². The maximum absolute atomic E-state index is 15.1. The number of benzene rings is 2. The van der Waals surface area contributed by atoms with Gasteiger partial charge < -0.3 is 15.6 Å². The molecule has 4 aromatic rings. The molecule has 10 heteroatoms. The summed E-state index contributed by atoms with van der Waals surface area (Å²) < 4.78 is 44.5. The van der Waals surface area contributed by atoms with Crippen LogP contribution in [0.15, 0.2) is 64.1 Å². The Labute approximate surface area is 202 Å². The van der Waals surface area contributed by atoms with Crippen molar-refractivity contribution in [2.24, 2.45) is 0 Å². The Morgan fingerprint density at radius 3 is 2.51 bits per heavy atom. The molecule has 3 N–H and O–H groups in total. The monoisotopic (exact) mass is 493 g/mol. The minimum absolute atomic E-state index is 0.00394. The average molecular weight is 494 g/mol. The highest BCUT2D eigenvalue weighted by molar-refractivity contribution is 7.93. The van der Waals surface area contributed by atoms with E-state index in [1.807, 2.05) is 31.3 Å². The molecular weight excluding hydrogens is 469 g/mol. The molecule has 1 atom stereocenters. The highest BCUT2D eigenvalue weighted by Gasteiger charge is 2.52. The van der Waals surface area contributed by atoms with E-state index in [2.05, 4.69) is 20.4 Å². The lowest BCUT2D eigenvalue weighted by Gasteiger charge is -2.19. The van der Waals surface area contributed by atoms with Crippen LogP contribution in [0.4, 0.5) is 10.2 Å². The molecule has 0 saturated carbocycles. The molecule has 0 amide bonds. The Balaban J connectivity index is 1.50. The number of rotatable bonds is 5. The number of hydrogen-bond acceptors (Lipinski definition) is 8. The van der Waals surface area contributed by atoms with E-state index in [4.69, 9.17) is 10.3 Å². The Morgan fingerprint density at radius 2 is 1.80 bits per heavy atom. The molecule has 0 radical (unpaired) electrons. The molecule has 0 fully saturated rings. The van der Waals surface area contributed by atoms with E-state index in [-0.39, 0.29) is 16.3 Å². The Hall–Kier alpha value is -3.63. The number of alkyl halides is 1. The fraction of sp³-hybridized carbons (Fsp3) is 0.240. The van der Waals surface area contributed by atoms with Gasteiger partial charge in [0.1, 0.15) is 22.3 Å². The first-order chi connectivity index (χ1) is 16.6. The summed E-state index contributed by atoms with van der Waals surface area (Å²) in [5.41, 5.74) is 9.85. The van der Waals surface area contributed by atoms with E-state index in [0.717, 1.165) is 17.7 Å². The van der Waals surface area contributed by atoms with Gasteiger partial charge in [-0.05, 0) is 38.6 Å². The summed E-state index contributed by atoms with van der Waals surface area (Å²) in [4.78, 5) is 8.83. The summed E-state index contributed by atoms with van der Waals surface area (Å²) >= 11 is 0. The lowest BCUT2D eigenvalue weighted by atomic mass is 9.98. The number of sulfone groups is 1. The van der Waals surface area contributed by atoms with Crippen molar-refractivity contribution in [3.8, 4) is 34.0 Å². The molecule has 0 bridgehead atoms. The minimum atomic E-state index is -3.78. The number of aromatic nitrogens is 3. The van der Waals surface area contributed by atoms with Crippen molar-refractivity contribution in [1.29, 1.82) is 0 Å². The zero-order chi connectivity index (χ0) is 25.0. The molecule has 1 unspecified atom stereocenters. The fourth-order valence-corrected chi connectivity index (χ4v) is 5.87. The van der Waals surface area contributed by atoms with E-state index in [9.17, 15) is 8.42 Å². The third-order valence-electron chi connectivity index (χ3n) is 6.34. The van der Waals surface area contributed by atoms with Gasteiger partial charge in [-0.2, -0.15) is 0 Å². The van der Waals surface area contributed by atoms with Crippen LogP contribution >= 0.6 is 0 Å². The largest absolute Gasteiger partial charge is 0.382 e. The third-order valence-corrected chi connectivity index (χ3v) is 8.89. The van der Waals surface area contributed by atoms with Crippen LogP contribution in [-0.4, -0.2) is 35.3 Å². The number of nitrogen functional groups attached to an aromatic ring is 1. The van der Waals surface area contributed by atoms with Crippen molar-refractivity contribution in [3.05, 3.63) is 65.9 Å². The van der Waals surface area contributed by atoms with Gasteiger partial charge in [0.05, 0.1) is 16.8 Å². The van der Waals surface area contributed by atoms with Gasteiger partial charge in [-0.3, -0.25) is 0 Å². The standard InChI is InChI=1S/C25H24FN5O3S/c1-25(2)23(26)17-10-16(8-9-21(17)35(25,32)33)19-13-29-24(27)22(30-19)18-11-20(34-31-18)15-6-4-14(5-7-15)12-28-3/h4-11,13,23,28H,12H2,1-3H3,(H2,27,29). The molecule has 1 aliphatic heterocycles. The zero-order valence-corrected chi connectivity index (χ0v) is 20.2. The second-order valence-corrected chi connectivity index (χ2v) is 11.5. The SMILES string of the molecule is CNCc1ccc(-c2cc(-c3nc(-c4ccc5c(c4)C(F)C(C)(C)S5(=O)=O)cnc3N)no2)cc1. The molecular formula is C25H24FN5O3S. The lowest BCUT2D eigenvalue weighted by Crippen LogP contribution is -2.30. The maximum atomic E-state index is 15.1. The molecule has 2 aromatic carbocycles. The highest BCUT2D eigenvalue weighted by atomic mass is 32.2. The van der Waals surface area contributed by atoms with Gasteiger partial charge in [0, 0.05) is 29.3 Å². The summed E-state index contributed by atoms with van der Waals surface area (Å²) in [5.74, 6) is 0.707. The predicted molar refractivity (Wildman–Crippen MR) is 131 cm³/mol. The summed E-state index contributed by atoms with van der Waals surface area (Å²) in [5, 5.41) is 7.22. The van der Waals surface area contributed by atoms with Crippen molar-refractivity contribution in [1.82, 2.24) is 20.4 Å². The molecule has 3 heterocycles. The van der Waals surface area contributed by atoms with Gasteiger partial charge in [-0.1, -0.05) is 35.5 Å². The van der Waals surface area contributed by atoms with Crippen LogP contribution in [0.3, 0.4) is 0 Å². The zero-order valence-electron chi connectivity index (χ0n) is 19.4. The fourth-order valence-electron chi connectivity index (χ4n) is 4.18. The van der Waals surface area contributed by atoms with Crippen LogP contribution in [0.2, 0.25) is 0 Å². The number of halogens is 1. The summed E-state index contributed by atoms with van der Waals surface area (Å²) in [7, 11) is -1.89. The predicted octanol–water partition coefficient (Wildman–Crippen LogP) is 4.34. The van der Waals surface area contributed by atoms with E-state index < -0.39 is 20.8 Å². The van der Waals surface area contributed by atoms with Crippen molar-refractivity contribution in [3.63, 3.8) is 0 Å². The minimum Gasteiger partial charge on any atom is -0.382 e. The van der Waals surface area contributed by atoms with Crippen LogP contribution < -0.4 is 11.1 Å². The first kappa shape index (κ1) is 23.1. The highest BCUT2D eigenvalue weighted by Crippen LogP contribution is 2.49. The average Bonchev–Trinajstić information content (AvgIpc) is 3.38.